The first-order valence-corrected chi connectivity index (χ1v) is 18.5. The van der Waals surface area contributed by atoms with E-state index in [1.54, 1.807) is 12.1 Å². The molecule has 3 aromatic carbocycles. The van der Waals surface area contributed by atoms with Gasteiger partial charge >= 0.3 is 5.97 Å². The third-order valence-electron chi connectivity index (χ3n) is 7.23. The number of rotatable bonds is 16. The molecule has 3 aromatic rings. The summed E-state index contributed by atoms with van der Waals surface area (Å²) in [5.41, 5.74) is 3.95. The lowest BCUT2D eigenvalue weighted by Gasteiger charge is -2.14. The Labute approximate surface area is 237 Å². The van der Waals surface area contributed by atoms with Gasteiger partial charge in [0.1, 0.15) is 5.75 Å². The van der Waals surface area contributed by atoms with E-state index >= 15 is 0 Å². The first-order valence-electron chi connectivity index (χ1n) is 14.8. The van der Waals surface area contributed by atoms with Crippen LogP contribution in [0.15, 0.2) is 72.8 Å². The highest BCUT2D eigenvalue weighted by molar-refractivity contribution is 6.76. The van der Waals surface area contributed by atoms with Crippen LogP contribution in [0.25, 0.3) is 11.1 Å². The number of unbranched alkanes of at least 4 members (excludes halogenated alkanes) is 9. The second kappa shape index (κ2) is 16.1. The molecule has 0 atom stereocenters. The van der Waals surface area contributed by atoms with Gasteiger partial charge in [-0.1, -0.05) is 126 Å². The Morgan fingerprint density at radius 1 is 0.744 bits per heavy atom. The van der Waals surface area contributed by atoms with Crippen LogP contribution in [0.2, 0.25) is 25.7 Å². The fourth-order valence-electron chi connectivity index (χ4n) is 4.90. The van der Waals surface area contributed by atoms with Crippen LogP contribution in [-0.2, 0) is 6.42 Å². The molecule has 0 fully saturated rings. The van der Waals surface area contributed by atoms with Gasteiger partial charge in [-0.15, -0.1) is 0 Å². The Balaban J connectivity index is 1.36. The van der Waals surface area contributed by atoms with Crippen LogP contribution in [0, 0.1) is 11.3 Å². The summed E-state index contributed by atoms with van der Waals surface area (Å²) < 4.78 is 5.77. The Morgan fingerprint density at radius 2 is 1.33 bits per heavy atom. The molecule has 0 unspecified atom stereocenters. The quantitative estimate of drug-likeness (QED) is 0.0787. The van der Waals surface area contributed by atoms with Crippen LogP contribution < -0.4 is 4.74 Å². The molecule has 0 N–H and O–H groups in total. The minimum Gasteiger partial charge on any atom is -0.422 e. The molecule has 0 aromatic heterocycles. The van der Waals surface area contributed by atoms with Crippen molar-refractivity contribution in [2.75, 3.05) is 0 Å². The highest BCUT2D eigenvalue weighted by Gasteiger charge is 2.14. The maximum atomic E-state index is 12.9. The molecule has 0 bridgehead atoms. The first kappa shape index (κ1) is 30.4. The Morgan fingerprint density at radius 3 is 1.92 bits per heavy atom. The molecule has 3 rings (SSSR count). The lowest BCUT2D eigenvalue weighted by molar-refractivity contribution is 0.0735. The number of nitriles is 1. The van der Waals surface area contributed by atoms with Gasteiger partial charge in [-0.2, -0.15) is 5.26 Å². The van der Waals surface area contributed by atoms with Gasteiger partial charge < -0.3 is 4.74 Å². The molecule has 0 saturated heterocycles. The van der Waals surface area contributed by atoms with Crippen LogP contribution in [0.5, 0.6) is 5.75 Å². The zero-order valence-electron chi connectivity index (χ0n) is 24.2. The van der Waals surface area contributed by atoms with E-state index in [0.29, 0.717) is 16.9 Å². The van der Waals surface area contributed by atoms with Crippen molar-refractivity contribution >= 4 is 14.0 Å². The van der Waals surface area contributed by atoms with Gasteiger partial charge in [-0.3, -0.25) is 0 Å². The van der Waals surface area contributed by atoms with E-state index in [2.05, 4.69) is 25.7 Å². The Hall–Kier alpha value is -3.16. The maximum Gasteiger partial charge on any atom is 0.343 e. The van der Waals surface area contributed by atoms with Crippen molar-refractivity contribution in [3.05, 3.63) is 89.5 Å². The van der Waals surface area contributed by atoms with Crippen molar-refractivity contribution in [1.82, 2.24) is 0 Å². The molecule has 0 aliphatic heterocycles. The van der Waals surface area contributed by atoms with E-state index in [1.807, 2.05) is 60.7 Å². The molecule has 0 aliphatic rings. The van der Waals surface area contributed by atoms with E-state index in [0.717, 1.165) is 17.5 Å². The Bertz CT molecular complexity index is 1190. The number of hydrogen-bond acceptors (Lipinski definition) is 3. The second-order valence-corrected chi connectivity index (χ2v) is 17.5. The minimum atomic E-state index is -0.844. The highest BCUT2D eigenvalue weighted by Crippen LogP contribution is 2.31. The molecule has 0 heterocycles. The topological polar surface area (TPSA) is 50.1 Å². The number of benzene rings is 3. The van der Waals surface area contributed by atoms with Crippen molar-refractivity contribution < 1.29 is 9.53 Å². The van der Waals surface area contributed by atoms with Gasteiger partial charge in [-0.05, 0) is 54.3 Å². The number of ether oxygens (including phenoxy) is 1. The molecule has 0 amide bonds. The lowest BCUT2D eigenvalue weighted by atomic mass is 10.0. The SMILES string of the molecule is C[Si](C)(C)CCCCCCCCCCCCc1ccc(C(=O)Oc2cc(C#N)ccc2-c2ccccc2)cc1. The highest BCUT2D eigenvalue weighted by atomic mass is 28.3. The number of hydrogen-bond donors (Lipinski definition) is 0. The molecule has 39 heavy (non-hydrogen) atoms. The van der Waals surface area contributed by atoms with Crippen molar-refractivity contribution in [1.29, 1.82) is 5.26 Å². The number of esters is 1. The second-order valence-electron chi connectivity index (χ2n) is 11.9. The monoisotopic (exact) mass is 539 g/mol. The van der Waals surface area contributed by atoms with E-state index < -0.39 is 14.0 Å². The number of carbonyl (C=O) groups is 1. The van der Waals surface area contributed by atoms with Crippen LogP contribution in [-0.4, -0.2) is 14.0 Å². The molecule has 4 heteroatoms. The van der Waals surface area contributed by atoms with Crippen LogP contribution >= 0.6 is 0 Å². The molecule has 0 aliphatic carbocycles. The number of carbonyl (C=O) groups excluding carboxylic acids is 1. The minimum absolute atomic E-state index is 0.399. The van der Waals surface area contributed by atoms with Gasteiger partial charge in [0.2, 0.25) is 0 Å². The first-order chi connectivity index (χ1) is 18.9. The summed E-state index contributed by atoms with van der Waals surface area (Å²) in [5.74, 6) is -0.0127. The fourth-order valence-corrected chi connectivity index (χ4v) is 6.21. The summed E-state index contributed by atoms with van der Waals surface area (Å²) in [7, 11) is -0.844. The molecular formula is C35H45NO2Si. The van der Waals surface area contributed by atoms with Crippen molar-refractivity contribution in [2.24, 2.45) is 0 Å². The number of nitrogens with zero attached hydrogens (tertiary/aromatic N) is 1. The van der Waals surface area contributed by atoms with Crippen molar-refractivity contribution in [3.63, 3.8) is 0 Å². The zero-order chi connectivity index (χ0) is 27.9. The van der Waals surface area contributed by atoms with Gasteiger partial charge in [0, 0.05) is 13.6 Å². The molecule has 0 saturated carbocycles. The van der Waals surface area contributed by atoms with Crippen molar-refractivity contribution in [3.8, 4) is 22.9 Å². The van der Waals surface area contributed by atoms with Crippen molar-refractivity contribution in [2.45, 2.75) is 96.3 Å². The molecule has 0 radical (unpaired) electrons. The predicted octanol–water partition coefficient (Wildman–Crippen LogP) is 10.2. The van der Waals surface area contributed by atoms with E-state index in [4.69, 9.17) is 4.74 Å². The smallest absolute Gasteiger partial charge is 0.343 e. The van der Waals surface area contributed by atoms with Gasteiger partial charge in [0.05, 0.1) is 17.2 Å². The molecule has 3 nitrogen and oxygen atoms in total. The summed E-state index contributed by atoms with van der Waals surface area (Å²) in [6, 6.07) is 26.3. The van der Waals surface area contributed by atoms with E-state index in [9.17, 15) is 10.1 Å². The summed E-state index contributed by atoms with van der Waals surface area (Å²) in [4.78, 5) is 12.9. The van der Waals surface area contributed by atoms with E-state index in [1.165, 1.54) is 75.8 Å². The third-order valence-corrected chi connectivity index (χ3v) is 9.08. The lowest BCUT2D eigenvalue weighted by Crippen LogP contribution is -2.18. The fraction of sp³-hybridized carbons (Fsp3) is 0.429. The zero-order valence-corrected chi connectivity index (χ0v) is 25.2. The maximum absolute atomic E-state index is 12.9. The molecular weight excluding hydrogens is 494 g/mol. The van der Waals surface area contributed by atoms with E-state index in [-0.39, 0.29) is 0 Å². The van der Waals surface area contributed by atoms with Crippen LogP contribution in [0.4, 0.5) is 0 Å². The van der Waals surface area contributed by atoms with Gasteiger partial charge in [0.15, 0.2) is 0 Å². The van der Waals surface area contributed by atoms with Crippen LogP contribution in [0.3, 0.4) is 0 Å². The summed E-state index contributed by atoms with van der Waals surface area (Å²) >= 11 is 0. The van der Waals surface area contributed by atoms with Gasteiger partial charge in [-0.25, -0.2) is 4.79 Å². The normalized spacial score (nSPS) is 11.2. The molecule has 0 spiro atoms. The van der Waals surface area contributed by atoms with Gasteiger partial charge in [0.25, 0.3) is 0 Å². The van der Waals surface area contributed by atoms with Crippen LogP contribution in [0.1, 0.15) is 85.7 Å². The summed E-state index contributed by atoms with van der Waals surface area (Å²) in [6.45, 7) is 7.42. The largest absolute Gasteiger partial charge is 0.422 e. The standard InChI is InChI=1S/C35H45NO2Si/c1-39(2,3)26-16-11-9-7-5-4-6-8-10-13-17-29-20-23-32(24-21-29)35(37)38-34-27-30(28-36)22-25-33(34)31-18-14-12-15-19-31/h12,14-15,18-25,27H,4-11,13,16-17,26H2,1-3H3. The summed E-state index contributed by atoms with van der Waals surface area (Å²) in [5, 5.41) is 9.31. The summed E-state index contributed by atoms with van der Waals surface area (Å²) in [6.07, 6.45) is 14.6. The average Bonchev–Trinajstić information content (AvgIpc) is 2.93. The number of aryl methyl sites for hydroxylation is 1. The Kier molecular flexibility index (Phi) is 12.5. The predicted molar refractivity (Wildman–Crippen MR) is 166 cm³/mol. The molecule has 206 valence electrons. The average molecular weight is 540 g/mol. The third kappa shape index (κ3) is 11.2.